The van der Waals surface area contributed by atoms with E-state index in [9.17, 15) is 15.3 Å². The lowest BCUT2D eigenvalue weighted by atomic mass is 9.95. The van der Waals surface area contributed by atoms with E-state index in [-0.39, 0.29) is 29.3 Å². The number of ether oxygens (including phenoxy) is 2. The Kier molecular flexibility index (Phi) is 4.10. The van der Waals surface area contributed by atoms with E-state index in [1.165, 1.54) is 4.57 Å². The van der Waals surface area contributed by atoms with Gasteiger partial charge < -0.3 is 15.2 Å². The van der Waals surface area contributed by atoms with Gasteiger partial charge in [-0.05, 0) is 29.1 Å². The van der Waals surface area contributed by atoms with Gasteiger partial charge in [-0.1, -0.05) is 42.5 Å². The van der Waals surface area contributed by atoms with Gasteiger partial charge in [-0.2, -0.15) is 10.5 Å². The third-order valence-corrected chi connectivity index (χ3v) is 5.31. The number of rotatable bonds is 2. The number of nitrogen functional groups attached to an aromatic ring is 1. The first-order valence-corrected chi connectivity index (χ1v) is 9.41. The molecule has 4 aromatic rings. The highest BCUT2D eigenvalue weighted by molar-refractivity contribution is 5.91. The smallest absolute Gasteiger partial charge is 0.275 e. The van der Waals surface area contributed by atoms with Gasteiger partial charge in [0.05, 0.1) is 5.69 Å². The molecular weight excluding hydrogens is 392 g/mol. The van der Waals surface area contributed by atoms with Crippen LogP contribution in [0.2, 0.25) is 0 Å². The third-order valence-electron chi connectivity index (χ3n) is 5.31. The highest BCUT2D eigenvalue weighted by Crippen LogP contribution is 2.39. The lowest BCUT2D eigenvalue weighted by molar-refractivity contribution is 0.174. The second-order valence-corrected chi connectivity index (χ2v) is 6.94. The van der Waals surface area contributed by atoms with Crippen LogP contribution in [-0.4, -0.2) is 11.4 Å². The van der Waals surface area contributed by atoms with E-state index in [0.717, 1.165) is 10.8 Å². The fourth-order valence-electron chi connectivity index (χ4n) is 3.89. The summed E-state index contributed by atoms with van der Waals surface area (Å²) in [6.07, 6.45) is 0. The quantitative estimate of drug-likeness (QED) is 0.543. The normalized spacial score (nSPS) is 11.8. The lowest BCUT2D eigenvalue weighted by Gasteiger charge is -2.17. The van der Waals surface area contributed by atoms with E-state index >= 15 is 0 Å². The van der Waals surface area contributed by atoms with E-state index < -0.39 is 5.56 Å². The average molecular weight is 406 g/mol. The Hall–Kier alpha value is -4.75. The number of fused-ring (bicyclic) bond motifs is 2. The van der Waals surface area contributed by atoms with Crippen molar-refractivity contribution in [3.8, 4) is 40.5 Å². The Morgan fingerprint density at radius 1 is 0.903 bits per heavy atom. The molecule has 31 heavy (non-hydrogen) atoms. The van der Waals surface area contributed by atoms with Crippen LogP contribution in [0.5, 0.6) is 11.5 Å². The third kappa shape index (κ3) is 2.69. The molecule has 1 aromatic heterocycles. The molecule has 7 nitrogen and oxygen atoms in total. The molecule has 0 spiro atoms. The molecule has 0 aliphatic carbocycles. The molecule has 0 amide bonds. The fourth-order valence-corrected chi connectivity index (χ4v) is 3.89. The summed E-state index contributed by atoms with van der Waals surface area (Å²) < 4.78 is 12.0. The number of nitrogens with zero attached hydrogens (tertiary/aromatic N) is 3. The van der Waals surface area contributed by atoms with Crippen LogP contribution in [0, 0.1) is 22.7 Å². The predicted octanol–water partition coefficient (Wildman–Crippen LogP) is 3.71. The summed E-state index contributed by atoms with van der Waals surface area (Å²) in [6, 6.07) is 22.0. The number of hydrogen-bond acceptors (Lipinski definition) is 6. The van der Waals surface area contributed by atoms with Gasteiger partial charge in [0.2, 0.25) is 6.79 Å². The molecule has 0 saturated carbocycles. The number of aromatic nitrogens is 1. The largest absolute Gasteiger partial charge is 0.454 e. The second kappa shape index (κ2) is 6.94. The van der Waals surface area contributed by atoms with Crippen LogP contribution in [0.3, 0.4) is 0 Å². The van der Waals surface area contributed by atoms with Crippen LogP contribution in [0.1, 0.15) is 11.1 Å². The summed E-state index contributed by atoms with van der Waals surface area (Å²) in [7, 11) is 0. The molecule has 0 radical (unpaired) electrons. The minimum Gasteiger partial charge on any atom is -0.454 e. The van der Waals surface area contributed by atoms with Crippen molar-refractivity contribution >= 4 is 16.6 Å². The van der Waals surface area contributed by atoms with Gasteiger partial charge in [0.15, 0.2) is 11.5 Å². The maximum atomic E-state index is 13.5. The van der Waals surface area contributed by atoms with Crippen molar-refractivity contribution in [3.63, 3.8) is 0 Å². The number of anilines is 1. The molecular formula is C24H14N4O3. The molecule has 0 atom stereocenters. The minimum atomic E-state index is -0.594. The fraction of sp³-hybridized carbons (Fsp3) is 0.0417. The van der Waals surface area contributed by atoms with Gasteiger partial charge in [-0.15, -0.1) is 0 Å². The van der Waals surface area contributed by atoms with Crippen molar-refractivity contribution in [2.45, 2.75) is 0 Å². The maximum absolute atomic E-state index is 13.5. The predicted molar refractivity (Wildman–Crippen MR) is 115 cm³/mol. The van der Waals surface area contributed by atoms with Gasteiger partial charge in [-0.3, -0.25) is 9.36 Å². The van der Waals surface area contributed by atoms with Crippen LogP contribution >= 0.6 is 0 Å². The van der Waals surface area contributed by atoms with E-state index in [1.54, 1.807) is 30.3 Å². The summed E-state index contributed by atoms with van der Waals surface area (Å²) in [5.74, 6) is 0.996. The summed E-state index contributed by atoms with van der Waals surface area (Å²) in [4.78, 5) is 13.5. The van der Waals surface area contributed by atoms with Gasteiger partial charge >= 0.3 is 0 Å². The summed E-state index contributed by atoms with van der Waals surface area (Å²) in [5, 5.41) is 21.5. The van der Waals surface area contributed by atoms with Crippen LogP contribution in [-0.2, 0) is 0 Å². The van der Waals surface area contributed by atoms with Crippen molar-refractivity contribution < 1.29 is 9.47 Å². The molecule has 3 aromatic carbocycles. The van der Waals surface area contributed by atoms with Crippen LogP contribution < -0.4 is 20.8 Å². The zero-order valence-corrected chi connectivity index (χ0v) is 16.1. The average Bonchev–Trinajstić information content (AvgIpc) is 3.27. The van der Waals surface area contributed by atoms with Crippen LogP contribution in [0.4, 0.5) is 5.82 Å². The number of pyridine rings is 1. The Morgan fingerprint density at radius 3 is 2.45 bits per heavy atom. The SMILES string of the molecule is N#Cc1c(-c2ccc3c(c2)OCO3)c(C#N)c(=O)n(-c2cccc3ccccc23)c1N. The molecule has 2 heterocycles. The Morgan fingerprint density at radius 2 is 1.65 bits per heavy atom. The molecule has 1 aliphatic heterocycles. The van der Waals surface area contributed by atoms with Crippen molar-refractivity contribution in [1.82, 2.24) is 4.57 Å². The highest BCUT2D eigenvalue weighted by atomic mass is 16.7. The zero-order chi connectivity index (χ0) is 21.5. The standard InChI is InChI=1S/C24H14N4O3/c25-11-17-22(15-8-9-20-21(10-15)31-13-30-20)18(12-26)24(29)28(23(17)27)19-7-3-5-14-4-1-2-6-16(14)19/h1-10H,13,27H2. The molecule has 0 bridgehead atoms. The van der Waals surface area contributed by atoms with Crippen molar-refractivity contribution in [1.29, 1.82) is 10.5 Å². The molecule has 0 unspecified atom stereocenters. The molecule has 5 rings (SSSR count). The Labute approximate surface area is 176 Å². The molecule has 2 N–H and O–H groups in total. The van der Waals surface area contributed by atoms with Crippen molar-refractivity contribution in [2.75, 3.05) is 12.5 Å². The zero-order valence-electron chi connectivity index (χ0n) is 16.1. The number of benzene rings is 3. The van der Waals surface area contributed by atoms with Crippen LogP contribution in [0.15, 0.2) is 65.5 Å². The number of nitrogens with two attached hydrogens (primary N) is 1. The minimum absolute atomic E-state index is 0.0319. The van der Waals surface area contributed by atoms with Crippen LogP contribution in [0.25, 0.3) is 27.6 Å². The summed E-state index contributed by atoms with van der Waals surface area (Å²) in [6.45, 7) is 0.0832. The molecule has 0 saturated heterocycles. The second-order valence-electron chi connectivity index (χ2n) is 6.94. The van der Waals surface area contributed by atoms with Gasteiger partial charge in [-0.25, -0.2) is 0 Å². The Balaban J connectivity index is 1.86. The maximum Gasteiger partial charge on any atom is 0.275 e. The molecule has 0 fully saturated rings. The highest BCUT2D eigenvalue weighted by Gasteiger charge is 2.25. The monoisotopic (exact) mass is 406 g/mol. The van der Waals surface area contributed by atoms with E-state index in [2.05, 4.69) is 6.07 Å². The number of hydrogen-bond donors (Lipinski definition) is 1. The topological polar surface area (TPSA) is 114 Å². The molecule has 1 aliphatic rings. The lowest BCUT2D eigenvalue weighted by Crippen LogP contribution is -2.26. The van der Waals surface area contributed by atoms with E-state index in [1.807, 2.05) is 36.4 Å². The first-order chi connectivity index (χ1) is 15.1. The van der Waals surface area contributed by atoms with E-state index in [4.69, 9.17) is 15.2 Å². The number of nitriles is 2. The summed E-state index contributed by atoms with van der Waals surface area (Å²) >= 11 is 0. The molecule has 148 valence electrons. The summed E-state index contributed by atoms with van der Waals surface area (Å²) in [5.41, 5.74) is 6.81. The van der Waals surface area contributed by atoms with E-state index in [0.29, 0.717) is 22.7 Å². The first kappa shape index (κ1) is 18.3. The Bertz CT molecular complexity index is 1520. The van der Waals surface area contributed by atoms with Crippen molar-refractivity contribution in [3.05, 3.63) is 82.1 Å². The van der Waals surface area contributed by atoms with Gasteiger partial charge in [0.1, 0.15) is 29.1 Å². The van der Waals surface area contributed by atoms with Crippen molar-refractivity contribution in [2.24, 2.45) is 0 Å². The molecule has 7 heteroatoms. The van der Waals surface area contributed by atoms with Gasteiger partial charge in [0.25, 0.3) is 5.56 Å². The van der Waals surface area contributed by atoms with Gasteiger partial charge in [0, 0.05) is 10.9 Å². The first-order valence-electron chi connectivity index (χ1n) is 9.41.